The number of anilines is 6. The maximum atomic E-state index is 12.4. The SMILES string of the molecule is [2H]c1c([2H])c([2H])c2c(c1[2H])c1c([2H])c([2H])c([2H])c([2H])c1n2-c1cc2c3c(c1)N(c1cccc(-n4c5ccccc5c5ccccc54)c1C#N)c1cc(-c4cc(C(C)(C)C)cc(C(C)(C)C)c4)ccc1B3c1cc(-c3ccc(C(C)(C)C)cc3)ccc1N2c1cc(-c2ccccc2)cc(-c2ccccc2)c1. The largest absolute Gasteiger partial charge is 0.311 e. The quantitative estimate of drug-likeness (QED) is 0.142. The van der Waals surface area contributed by atoms with Crippen LogP contribution in [0.25, 0.3) is 99.5 Å². The summed E-state index contributed by atoms with van der Waals surface area (Å²) in [4.78, 5) is 4.53. The van der Waals surface area contributed by atoms with E-state index in [-0.39, 0.29) is 38.1 Å². The Balaban J connectivity index is 1.07. The number of benzene rings is 13. The molecular formula is C91H74BN5. The van der Waals surface area contributed by atoms with Gasteiger partial charge in [0.2, 0.25) is 0 Å². The number of para-hydroxylation sites is 4. The molecule has 13 aromatic carbocycles. The van der Waals surface area contributed by atoms with Gasteiger partial charge in [0.1, 0.15) is 11.6 Å². The third-order valence-electron chi connectivity index (χ3n) is 20.0. The second kappa shape index (κ2) is 22.4. The molecule has 0 unspecified atom stereocenters. The zero-order valence-corrected chi connectivity index (χ0v) is 55.8. The maximum Gasteiger partial charge on any atom is 0.252 e. The molecule has 0 N–H and O–H groups in total. The van der Waals surface area contributed by atoms with E-state index in [2.05, 4.69) is 228 Å². The van der Waals surface area contributed by atoms with Crippen molar-refractivity contribution in [1.29, 1.82) is 5.26 Å². The average molecular weight is 1260 g/mol. The molecule has 0 atom stereocenters. The Morgan fingerprint density at radius 2 is 0.814 bits per heavy atom. The summed E-state index contributed by atoms with van der Waals surface area (Å²) in [7, 11) is 0. The van der Waals surface area contributed by atoms with Crippen molar-refractivity contribution in [3.63, 3.8) is 0 Å². The number of hydrogen-bond acceptors (Lipinski definition) is 3. The molecule has 4 heterocycles. The molecule has 0 amide bonds. The first-order valence-electron chi connectivity index (χ1n) is 37.4. The highest BCUT2D eigenvalue weighted by atomic mass is 15.2. The minimum Gasteiger partial charge on any atom is -0.311 e. The van der Waals surface area contributed by atoms with Crippen LogP contribution in [0, 0.1) is 11.3 Å². The zero-order chi connectivity index (χ0) is 73.2. The average Bonchev–Trinajstić information content (AvgIpc) is 1.68. The van der Waals surface area contributed by atoms with Gasteiger partial charge < -0.3 is 18.9 Å². The van der Waals surface area contributed by atoms with Crippen LogP contribution in [0.2, 0.25) is 0 Å². The molecule has 97 heavy (non-hydrogen) atoms. The first kappa shape index (κ1) is 51.0. The van der Waals surface area contributed by atoms with Crippen LogP contribution in [0.4, 0.5) is 34.1 Å². The number of fused-ring (bicyclic) bond motifs is 10. The van der Waals surface area contributed by atoms with Gasteiger partial charge in [0.25, 0.3) is 6.71 Å². The Bertz CT molecular complexity index is 6010. The van der Waals surface area contributed by atoms with Gasteiger partial charge in [0.05, 0.1) is 50.1 Å². The van der Waals surface area contributed by atoms with Crippen LogP contribution >= 0.6 is 0 Å². The van der Waals surface area contributed by atoms with Gasteiger partial charge in [-0.2, -0.15) is 5.26 Å². The molecule has 17 rings (SSSR count). The lowest BCUT2D eigenvalue weighted by molar-refractivity contribution is 0.569. The monoisotopic (exact) mass is 1260 g/mol. The van der Waals surface area contributed by atoms with Crippen molar-refractivity contribution in [2.45, 2.75) is 78.6 Å². The van der Waals surface area contributed by atoms with Gasteiger partial charge in [-0.05, 0) is 173 Å². The topological polar surface area (TPSA) is 40.1 Å². The maximum absolute atomic E-state index is 12.4. The molecule has 2 aliphatic heterocycles. The van der Waals surface area contributed by atoms with Gasteiger partial charge >= 0.3 is 0 Å². The fourth-order valence-electron chi connectivity index (χ4n) is 15.0. The Morgan fingerprint density at radius 1 is 0.320 bits per heavy atom. The molecule has 0 fully saturated rings. The van der Waals surface area contributed by atoms with E-state index in [1.165, 1.54) is 16.7 Å². The van der Waals surface area contributed by atoms with Gasteiger partial charge in [0, 0.05) is 50.0 Å². The van der Waals surface area contributed by atoms with Gasteiger partial charge in [-0.3, -0.25) is 0 Å². The number of nitrogens with zero attached hydrogens (tertiary/aromatic N) is 5. The van der Waals surface area contributed by atoms with E-state index in [4.69, 9.17) is 2.74 Å². The highest BCUT2D eigenvalue weighted by Gasteiger charge is 2.45. The molecule has 0 spiro atoms. The summed E-state index contributed by atoms with van der Waals surface area (Å²) in [6, 6.07) is 82.4. The lowest BCUT2D eigenvalue weighted by Gasteiger charge is -2.45. The van der Waals surface area contributed by atoms with E-state index >= 15 is 0 Å². The molecule has 2 aromatic heterocycles. The third kappa shape index (κ3) is 9.81. The summed E-state index contributed by atoms with van der Waals surface area (Å²) >= 11 is 0. The molecule has 6 heteroatoms. The van der Waals surface area contributed by atoms with Crippen LogP contribution in [0.15, 0.2) is 285 Å². The Kier molecular flexibility index (Phi) is 11.8. The molecule has 0 bridgehead atoms. The number of hydrogen-bond donors (Lipinski definition) is 0. The molecular weight excluding hydrogens is 1170 g/mol. The second-order valence-corrected chi connectivity index (χ2v) is 29.1. The smallest absolute Gasteiger partial charge is 0.252 e. The second-order valence-electron chi connectivity index (χ2n) is 29.1. The van der Waals surface area contributed by atoms with Gasteiger partial charge in [-0.25, -0.2) is 0 Å². The van der Waals surface area contributed by atoms with Crippen molar-refractivity contribution in [2.24, 2.45) is 0 Å². The van der Waals surface area contributed by atoms with Gasteiger partial charge in [-0.1, -0.05) is 268 Å². The highest BCUT2D eigenvalue weighted by Crippen LogP contribution is 2.51. The van der Waals surface area contributed by atoms with Crippen LogP contribution in [0.1, 0.15) is 95.5 Å². The molecule has 466 valence electrons. The Hall–Kier alpha value is -11.4. The van der Waals surface area contributed by atoms with Crippen LogP contribution in [0.5, 0.6) is 0 Å². The molecule has 0 aliphatic carbocycles. The molecule has 15 aromatic rings. The van der Waals surface area contributed by atoms with E-state index in [1.807, 2.05) is 91.0 Å². The fourth-order valence-corrected chi connectivity index (χ4v) is 15.0. The summed E-state index contributed by atoms with van der Waals surface area (Å²) in [6.45, 7) is 19.6. The highest BCUT2D eigenvalue weighted by molar-refractivity contribution is 7.00. The van der Waals surface area contributed by atoms with E-state index < -0.39 is 55.1 Å². The summed E-state index contributed by atoms with van der Waals surface area (Å²) in [5.41, 5.74) is 21.3. The molecule has 2 aliphatic rings. The number of nitriles is 1. The third-order valence-corrected chi connectivity index (χ3v) is 20.0. The minimum absolute atomic E-state index is 0.0153. The van der Waals surface area contributed by atoms with Crippen molar-refractivity contribution in [3.05, 3.63) is 307 Å². The first-order valence-corrected chi connectivity index (χ1v) is 33.4. The van der Waals surface area contributed by atoms with E-state index in [0.29, 0.717) is 34.0 Å². The van der Waals surface area contributed by atoms with E-state index in [1.54, 1.807) is 4.57 Å². The van der Waals surface area contributed by atoms with Crippen molar-refractivity contribution in [1.82, 2.24) is 9.13 Å². The fraction of sp³-hybridized carbons (Fsp3) is 0.132. The van der Waals surface area contributed by atoms with Crippen LogP contribution < -0.4 is 26.2 Å². The molecule has 0 radical (unpaired) electrons. The standard InChI is InChI=1S/C91H74BN5/c1-89(2,3)66-43-39-60(40-44-66)61-42-46-84-77(52-61)92-76-45-41-62(65-48-67(90(4,5)6)54-68(49-65)91(7,8)9)53-85(76)97(83-38-24-37-82(75(83)57-93)96-80-35-22-18-31-73(80)74-32-19-23-36-81(74)96)87-56-70(94-78-33-20-16-29-71(78)72-30-17-21-34-79(72)94)55-86(88(87)92)95(84)69-50-63(58-25-12-10-13-26-58)47-64(51-69)59-27-14-11-15-28-59/h10-56H,1-9H3/i16D,17D,20D,21D,29D,30D,33D,34D. The van der Waals surface area contributed by atoms with Crippen molar-refractivity contribution in [2.75, 3.05) is 9.80 Å². The lowest BCUT2D eigenvalue weighted by atomic mass is 9.33. The molecule has 0 saturated carbocycles. The number of rotatable bonds is 8. The van der Waals surface area contributed by atoms with E-state index in [0.717, 1.165) is 99.8 Å². The summed E-state index contributed by atoms with van der Waals surface area (Å²) in [5, 5.41) is 14.4. The van der Waals surface area contributed by atoms with Gasteiger partial charge in [-0.15, -0.1) is 0 Å². The predicted molar refractivity (Wildman–Crippen MR) is 412 cm³/mol. The molecule has 0 saturated heterocycles. The first-order chi connectivity index (χ1) is 50.3. The zero-order valence-electron chi connectivity index (χ0n) is 63.8. The summed E-state index contributed by atoms with van der Waals surface area (Å²) in [5.74, 6) is 0. The lowest BCUT2D eigenvalue weighted by Crippen LogP contribution is -2.61. The van der Waals surface area contributed by atoms with Crippen molar-refractivity contribution >= 4 is 101 Å². The molecule has 5 nitrogen and oxygen atoms in total. The Labute approximate surface area is 580 Å². The van der Waals surface area contributed by atoms with Crippen LogP contribution in [-0.4, -0.2) is 15.8 Å². The van der Waals surface area contributed by atoms with E-state index in [9.17, 15) is 13.5 Å². The van der Waals surface area contributed by atoms with Crippen molar-refractivity contribution < 1.29 is 11.0 Å². The summed E-state index contributed by atoms with van der Waals surface area (Å²) < 4.78 is 80.3. The minimum atomic E-state index is -0.542. The van der Waals surface area contributed by atoms with Crippen molar-refractivity contribution in [3.8, 4) is 62.0 Å². The van der Waals surface area contributed by atoms with Gasteiger partial charge in [0.15, 0.2) is 0 Å². The predicted octanol–water partition coefficient (Wildman–Crippen LogP) is 22.4. The normalized spacial score (nSPS) is 14.1. The Morgan fingerprint density at radius 3 is 1.39 bits per heavy atom. The number of aromatic nitrogens is 2. The summed E-state index contributed by atoms with van der Waals surface area (Å²) in [6.07, 6.45) is 0. The van der Waals surface area contributed by atoms with Crippen LogP contribution in [0.3, 0.4) is 0 Å². The van der Waals surface area contributed by atoms with Crippen LogP contribution in [-0.2, 0) is 16.2 Å².